The molecule has 6 heteroatoms. The summed E-state index contributed by atoms with van der Waals surface area (Å²) in [5.74, 6) is -0.242. The van der Waals surface area contributed by atoms with E-state index in [1.807, 2.05) is 11.4 Å². The molecule has 0 radical (unpaired) electrons. The van der Waals surface area contributed by atoms with Gasteiger partial charge in [0.1, 0.15) is 6.04 Å². The maximum atomic E-state index is 11.8. The number of hydrogen-bond donors (Lipinski definition) is 1. The Morgan fingerprint density at radius 1 is 1.53 bits per heavy atom. The SMILES string of the molecule is CCN(CC)CCNC(C(=O)OC)c1cc(Br)cs1. The first kappa shape index (κ1) is 16.6. The predicted octanol–water partition coefficient (Wildman–Crippen LogP) is 2.66. The summed E-state index contributed by atoms with van der Waals surface area (Å²) >= 11 is 4.96. The van der Waals surface area contributed by atoms with Crippen LogP contribution < -0.4 is 5.32 Å². The zero-order chi connectivity index (χ0) is 14.3. The number of halogens is 1. The lowest BCUT2D eigenvalue weighted by molar-refractivity contribution is -0.143. The van der Waals surface area contributed by atoms with E-state index in [0.29, 0.717) is 0 Å². The summed E-state index contributed by atoms with van der Waals surface area (Å²) in [5, 5.41) is 5.24. The molecule has 0 amide bonds. The number of hydrogen-bond acceptors (Lipinski definition) is 5. The molecule has 108 valence electrons. The van der Waals surface area contributed by atoms with Crippen LogP contribution in [-0.4, -0.2) is 44.2 Å². The van der Waals surface area contributed by atoms with Crippen LogP contribution in [0.15, 0.2) is 15.9 Å². The molecule has 4 nitrogen and oxygen atoms in total. The van der Waals surface area contributed by atoms with Crippen LogP contribution in [-0.2, 0) is 9.53 Å². The van der Waals surface area contributed by atoms with Crippen LogP contribution in [0, 0.1) is 0 Å². The Morgan fingerprint density at radius 3 is 2.68 bits per heavy atom. The van der Waals surface area contributed by atoms with Crippen molar-refractivity contribution >= 4 is 33.2 Å². The molecule has 0 aliphatic rings. The number of ether oxygens (including phenoxy) is 1. The largest absolute Gasteiger partial charge is 0.468 e. The number of rotatable bonds is 8. The van der Waals surface area contributed by atoms with Crippen LogP contribution in [0.1, 0.15) is 24.8 Å². The Balaban J connectivity index is 2.59. The highest BCUT2D eigenvalue weighted by Gasteiger charge is 2.22. The van der Waals surface area contributed by atoms with E-state index in [-0.39, 0.29) is 12.0 Å². The fourth-order valence-corrected chi connectivity index (χ4v) is 3.31. The second-order valence-corrected chi connectivity index (χ2v) is 5.96. The summed E-state index contributed by atoms with van der Waals surface area (Å²) in [6, 6.07) is 1.58. The molecule has 1 aromatic heterocycles. The molecule has 1 aromatic rings. The topological polar surface area (TPSA) is 41.6 Å². The molecule has 0 fully saturated rings. The second kappa shape index (κ2) is 8.68. The Bertz CT molecular complexity index is 394. The van der Waals surface area contributed by atoms with Crippen molar-refractivity contribution in [2.24, 2.45) is 0 Å². The summed E-state index contributed by atoms with van der Waals surface area (Å²) in [5.41, 5.74) is 0. The van der Waals surface area contributed by atoms with Gasteiger partial charge in [0.15, 0.2) is 0 Å². The molecule has 0 spiro atoms. The minimum atomic E-state index is -0.378. The Hall–Kier alpha value is -0.430. The van der Waals surface area contributed by atoms with Crippen molar-refractivity contribution in [3.63, 3.8) is 0 Å². The van der Waals surface area contributed by atoms with E-state index in [9.17, 15) is 4.79 Å². The molecule has 1 heterocycles. The van der Waals surface area contributed by atoms with Crippen molar-refractivity contribution in [2.45, 2.75) is 19.9 Å². The third-order valence-electron chi connectivity index (χ3n) is 2.98. The molecule has 1 rings (SSSR count). The summed E-state index contributed by atoms with van der Waals surface area (Å²) in [7, 11) is 1.42. The number of nitrogens with one attached hydrogen (secondary N) is 1. The lowest BCUT2D eigenvalue weighted by atomic mass is 10.2. The highest BCUT2D eigenvalue weighted by molar-refractivity contribution is 9.10. The molecule has 19 heavy (non-hydrogen) atoms. The van der Waals surface area contributed by atoms with Crippen LogP contribution in [0.3, 0.4) is 0 Å². The highest BCUT2D eigenvalue weighted by atomic mass is 79.9. The predicted molar refractivity (Wildman–Crippen MR) is 82.6 cm³/mol. The van der Waals surface area contributed by atoms with E-state index in [1.54, 1.807) is 11.3 Å². The van der Waals surface area contributed by atoms with Crippen LogP contribution >= 0.6 is 27.3 Å². The molecule has 1 N–H and O–H groups in total. The molecule has 0 saturated heterocycles. The zero-order valence-corrected chi connectivity index (χ0v) is 14.0. The van der Waals surface area contributed by atoms with Gasteiger partial charge in [-0.3, -0.25) is 5.32 Å². The Morgan fingerprint density at radius 2 is 2.21 bits per heavy atom. The standard InChI is InChI=1S/C13H21BrN2O2S/c1-4-16(5-2)7-6-15-12(13(17)18-3)11-8-10(14)9-19-11/h8-9,12,15H,4-7H2,1-3H3. The molecule has 0 aliphatic heterocycles. The maximum absolute atomic E-state index is 11.8. The average Bonchev–Trinajstić information content (AvgIpc) is 2.84. The zero-order valence-electron chi connectivity index (χ0n) is 11.6. The first-order valence-corrected chi connectivity index (χ1v) is 8.07. The maximum Gasteiger partial charge on any atom is 0.328 e. The number of carbonyl (C=O) groups is 1. The van der Waals surface area contributed by atoms with Gasteiger partial charge < -0.3 is 9.64 Å². The van der Waals surface area contributed by atoms with Gasteiger partial charge in [-0.05, 0) is 35.1 Å². The van der Waals surface area contributed by atoms with Crippen LogP contribution in [0.5, 0.6) is 0 Å². The molecular formula is C13H21BrN2O2S. The lowest BCUT2D eigenvalue weighted by Crippen LogP contribution is -2.36. The van der Waals surface area contributed by atoms with Crippen LogP contribution in [0.25, 0.3) is 0 Å². The third-order valence-corrected chi connectivity index (χ3v) is 4.74. The van der Waals surface area contributed by atoms with Gasteiger partial charge in [-0.25, -0.2) is 4.79 Å². The van der Waals surface area contributed by atoms with Crippen molar-refractivity contribution in [3.8, 4) is 0 Å². The van der Waals surface area contributed by atoms with Gasteiger partial charge in [-0.1, -0.05) is 13.8 Å². The minimum absolute atomic E-state index is 0.242. The van der Waals surface area contributed by atoms with Crippen molar-refractivity contribution < 1.29 is 9.53 Å². The van der Waals surface area contributed by atoms with E-state index in [4.69, 9.17) is 4.74 Å². The Kier molecular flexibility index (Phi) is 7.60. The van der Waals surface area contributed by atoms with Gasteiger partial charge in [0.05, 0.1) is 7.11 Å². The number of esters is 1. The van der Waals surface area contributed by atoms with Crippen LogP contribution in [0.2, 0.25) is 0 Å². The quantitative estimate of drug-likeness (QED) is 0.733. The molecule has 0 aromatic carbocycles. The molecule has 0 saturated carbocycles. The molecule has 0 bridgehead atoms. The van der Waals surface area contributed by atoms with Crippen molar-refractivity contribution in [1.29, 1.82) is 0 Å². The third kappa shape index (κ3) is 5.22. The van der Waals surface area contributed by atoms with Crippen LogP contribution in [0.4, 0.5) is 0 Å². The monoisotopic (exact) mass is 348 g/mol. The molecular weight excluding hydrogens is 328 g/mol. The molecule has 0 aliphatic carbocycles. The first-order valence-electron chi connectivity index (χ1n) is 6.39. The van der Waals surface area contributed by atoms with E-state index in [2.05, 4.69) is 40.0 Å². The molecule has 1 atom stereocenters. The van der Waals surface area contributed by atoms with Crippen molar-refractivity contribution in [3.05, 3.63) is 20.8 Å². The highest BCUT2D eigenvalue weighted by Crippen LogP contribution is 2.26. The normalized spacial score (nSPS) is 12.7. The summed E-state index contributed by atoms with van der Waals surface area (Å²) in [4.78, 5) is 15.1. The van der Waals surface area contributed by atoms with Gasteiger partial charge in [0.25, 0.3) is 0 Å². The number of nitrogens with zero attached hydrogens (tertiary/aromatic N) is 1. The summed E-state index contributed by atoms with van der Waals surface area (Å²) in [6.45, 7) is 8.00. The van der Waals surface area contributed by atoms with E-state index < -0.39 is 0 Å². The van der Waals surface area contributed by atoms with Crippen molar-refractivity contribution in [1.82, 2.24) is 10.2 Å². The van der Waals surface area contributed by atoms with Gasteiger partial charge >= 0.3 is 5.97 Å². The van der Waals surface area contributed by atoms with Gasteiger partial charge in [0.2, 0.25) is 0 Å². The summed E-state index contributed by atoms with van der Waals surface area (Å²) in [6.07, 6.45) is 0. The van der Waals surface area contributed by atoms with Gasteiger partial charge in [-0.15, -0.1) is 11.3 Å². The van der Waals surface area contributed by atoms with Gasteiger partial charge in [-0.2, -0.15) is 0 Å². The molecule has 1 unspecified atom stereocenters. The minimum Gasteiger partial charge on any atom is -0.468 e. The van der Waals surface area contributed by atoms with E-state index in [0.717, 1.165) is 35.5 Å². The first-order chi connectivity index (χ1) is 9.12. The summed E-state index contributed by atoms with van der Waals surface area (Å²) < 4.78 is 5.86. The van der Waals surface area contributed by atoms with E-state index in [1.165, 1.54) is 7.11 Å². The second-order valence-electron chi connectivity index (χ2n) is 4.10. The number of carbonyl (C=O) groups excluding carboxylic acids is 1. The van der Waals surface area contributed by atoms with Crippen molar-refractivity contribution in [2.75, 3.05) is 33.3 Å². The smallest absolute Gasteiger partial charge is 0.328 e. The Labute approximate surface area is 127 Å². The number of thiophene rings is 1. The number of likely N-dealkylation sites (N-methyl/N-ethyl adjacent to an activating group) is 1. The van der Waals surface area contributed by atoms with E-state index >= 15 is 0 Å². The lowest BCUT2D eigenvalue weighted by Gasteiger charge is -2.20. The number of methoxy groups -OCH3 is 1. The average molecular weight is 349 g/mol. The van der Waals surface area contributed by atoms with Gasteiger partial charge in [0, 0.05) is 27.8 Å². The fraction of sp³-hybridized carbons (Fsp3) is 0.615. The fourth-order valence-electron chi connectivity index (χ4n) is 1.80.